The van der Waals surface area contributed by atoms with E-state index in [1.165, 1.54) is 14.2 Å². The van der Waals surface area contributed by atoms with Crippen molar-refractivity contribution in [1.29, 1.82) is 0 Å². The zero-order valence-corrected chi connectivity index (χ0v) is 11.1. The van der Waals surface area contributed by atoms with Gasteiger partial charge in [-0.05, 0) is 6.07 Å². The van der Waals surface area contributed by atoms with Crippen molar-refractivity contribution in [2.45, 2.75) is 6.10 Å². The van der Waals surface area contributed by atoms with E-state index in [0.29, 0.717) is 0 Å². The Kier molecular flexibility index (Phi) is 5.53. The first-order chi connectivity index (χ1) is 9.35. The molecule has 1 atom stereocenters. The Balaban J connectivity index is 2.88. The van der Waals surface area contributed by atoms with Gasteiger partial charge >= 0.3 is 0 Å². The van der Waals surface area contributed by atoms with Crippen molar-refractivity contribution < 1.29 is 24.0 Å². The molecule has 0 radical (unpaired) electrons. The fourth-order valence-electron chi connectivity index (χ4n) is 1.67. The van der Waals surface area contributed by atoms with Crippen LogP contribution in [0.4, 0.5) is 10.1 Å². The van der Waals surface area contributed by atoms with E-state index in [1.54, 1.807) is 0 Å². The van der Waals surface area contributed by atoms with Gasteiger partial charge in [0.05, 0.1) is 23.7 Å². The molecule has 1 amide bonds. The maximum atomic E-state index is 13.3. The molecule has 0 saturated heterocycles. The molecule has 0 saturated carbocycles. The molecule has 8 heteroatoms. The smallest absolute Gasteiger partial charge is 0.273 e. The number of methoxy groups -OCH3 is 1. The molecule has 20 heavy (non-hydrogen) atoms. The van der Waals surface area contributed by atoms with Crippen molar-refractivity contribution in [3.8, 4) is 0 Å². The molecule has 0 bridgehead atoms. The fourth-order valence-corrected chi connectivity index (χ4v) is 1.67. The van der Waals surface area contributed by atoms with E-state index < -0.39 is 28.4 Å². The van der Waals surface area contributed by atoms with E-state index >= 15 is 0 Å². The van der Waals surface area contributed by atoms with Crippen molar-refractivity contribution in [2.24, 2.45) is 0 Å². The molecule has 0 aliphatic carbocycles. The number of aliphatic hydroxyl groups excluding tert-OH is 1. The van der Waals surface area contributed by atoms with E-state index in [4.69, 9.17) is 4.74 Å². The van der Waals surface area contributed by atoms with Crippen LogP contribution in [-0.2, 0) is 4.74 Å². The van der Waals surface area contributed by atoms with Crippen LogP contribution in [0, 0.1) is 15.9 Å². The van der Waals surface area contributed by atoms with E-state index in [1.807, 2.05) is 0 Å². The number of amides is 1. The summed E-state index contributed by atoms with van der Waals surface area (Å²) in [4.78, 5) is 23.0. The molecule has 110 valence electrons. The van der Waals surface area contributed by atoms with Gasteiger partial charge in [0.2, 0.25) is 0 Å². The van der Waals surface area contributed by atoms with Crippen molar-refractivity contribution >= 4 is 11.6 Å². The van der Waals surface area contributed by atoms with Gasteiger partial charge in [0.25, 0.3) is 11.6 Å². The number of nitro benzene ring substituents is 1. The highest BCUT2D eigenvalue weighted by Gasteiger charge is 2.19. The van der Waals surface area contributed by atoms with Crippen LogP contribution in [-0.4, -0.2) is 54.3 Å². The Morgan fingerprint density at radius 3 is 2.75 bits per heavy atom. The number of hydrogen-bond donors (Lipinski definition) is 1. The summed E-state index contributed by atoms with van der Waals surface area (Å²) in [6.07, 6.45) is -0.891. The van der Waals surface area contributed by atoms with Crippen molar-refractivity contribution in [2.75, 3.05) is 27.3 Å². The van der Waals surface area contributed by atoms with Crippen LogP contribution < -0.4 is 0 Å². The number of carbonyl (C=O) groups excluding carboxylic acids is 1. The van der Waals surface area contributed by atoms with Gasteiger partial charge in [-0.1, -0.05) is 0 Å². The van der Waals surface area contributed by atoms with Gasteiger partial charge < -0.3 is 14.7 Å². The molecule has 0 aliphatic rings. The lowest BCUT2D eigenvalue weighted by Crippen LogP contribution is -2.36. The molecule has 0 spiro atoms. The van der Waals surface area contributed by atoms with Gasteiger partial charge in [-0.3, -0.25) is 14.9 Å². The van der Waals surface area contributed by atoms with Crippen LogP contribution in [0.2, 0.25) is 0 Å². The van der Waals surface area contributed by atoms with Gasteiger partial charge in [-0.2, -0.15) is 0 Å². The Morgan fingerprint density at radius 2 is 2.20 bits per heavy atom. The van der Waals surface area contributed by atoms with Crippen LogP contribution in [0.25, 0.3) is 0 Å². The molecule has 0 aromatic heterocycles. The van der Waals surface area contributed by atoms with Crippen molar-refractivity contribution in [3.05, 3.63) is 39.7 Å². The number of nitro groups is 1. The van der Waals surface area contributed by atoms with Gasteiger partial charge in [-0.25, -0.2) is 4.39 Å². The lowest BCUT2D eigenvalue weighted by molar-refractivity contribution is -0.385. The Labute approximate surface area is 114 Å². The third kappa shape index (κ3) is 4.25. The number of non-ortho nitro benzene ring substituents is 1. The molecule has 0 heterocycles. The molecule has 0 fully saturated rings. The number of benzene rings is 1. The zero-order valence-electron chi connectivity index (χ0n) is 11.1. The molecule has 7 nitrogen and oxygen atoms in total. The minimum Gasteiger partial charge on any atom is -0.389 e. The maximum Gasteiger partial charge on any atom is 0.273 e. The highest BCUT2D eigenvalue weighted by molar-refractivity contribution is 5.94. The summed E-state index contributed by atoms with van der Waals surface area (Å²) in [6.45, 7) is 0.0118. The number of ether oxygens (including phenoxy) is 1. The summed E-state index contributed by atoms with van der Waals surface area (Å²) in [5, 5.41) is 20.1. The van der Waals surface area contributed by atoms with E-state index in [0.717, 1.165) is 23.1 Å². The highest BCUT2D eigenvalue weighted by atomic mass is 19.1. The van der Waals surface area contributed by atoms with E-state index in [2.05, 4.69) is 0 Å². The quantitative estimate of drug-likeness (QED) is 0.617. The zero-order chi connectivity index (χ0) is 15.3. The van der Waals surface area contributed by atoms with Crippen molar-refractivity contribution in [1.82, 2.24) is 4.90 Å². The minimum atomic E-state index is -0.891. The molecule has 1 unspecified atom stereocenters. The Hall–Kier alpha value is -2.06. The summed E-state index contributed by atoms with van der Waals surface area (Å²) in [6, 6.07) is 2.63. The predicted octanol–water partition coefficient (Wildman–Crippen LogP) is 0.813. The average molecular weight is 286 g/mol. The standard InChI is InChI=1S/C12H15FN2O5/c1-14(6-11(16)7-20-2)12(17)8-3-9(13)5-10(4-8)15(18)19/h3-5,11,16H,6-7H2,1-2H3. The Bertz CT molecular complexity index is 509. The number of hydrogen-bond acceptors (Lipinski definition) is 5. The number of nitrogens with zero attached hydrogens (tertiary/aromatic N) is 2. The number of rotatable bonds is 6. The number of halogens is 1. The van der Waals surface area contributed by atoms with Crippen LogP contribution in [0.3, 0.4) is 0 Å². The molecule has 1 rings (SSSR count). The molecule has 1 aromatic rings. The topological polar surface area (TPSA) is 92.9 Å². The van der Waals surface area contributed by atoms with Gasteiger partial charge in [-0.15, -0.1) is 0 Å². The van der Waals surface area contributed by atoms with Crippen LogP contribution >= 0.6 is 0 Å². The number of aliphatic hydroxyl groups is 1. The normalized spacial score (nSPS) is 12.0. The first-order valence-corrected chi connectivity index (χ1v) is 5.72. The molecule has 1 aromatic carbocycles. The third-order valence-electron chi connectivity index (χ3n) is 2.53. The van der Waals surface area contributed by atoms with Gasteiger partial charge in [0.1, 0.15) is 5.82 Å². The molecular formula is C12H15FN2O5. The SMILES string of the molecule is COCC(O)CN(C)C(=O)c1cc(F)cc([N+](=O)[O-])c1. The lowest BCUT2D eigenvalue weighted by Gasteiger charge is -2.20. The van der Waals surface area contributed by atoms with E-state index in [9.17, 15) is 24.4 Å². The summed E-state index contributed by atoms with van der Waals surface area (Å²) >= 11 is 0. The predicted molar refractivity (Wildman–Crippen MR) is 67.9 cm³/mol. The van der Waals surface area contributed by atoms with Crippen molar-refractivity contribution in [3.63, 3.8) is 0 Å². The van der Waals surface area contributed by atoms with Crippen LogP contribution in [0.5, 0.6) is 0 Å². The first-order valence-electron chi connectivity index (χ1n) is 5.72. The number of likely N-dealkylation sites (N-methyl/N-ethyl adjacent to an activating group) is 1. The number of carbonyl (C=O) groups is 1. The Morgan fingerprint density at radius 1 is 1.55 bits per heavy atom. The van der Waals surface area contributed by atoms with Crippen LogP contribution in [0.1, 0.15) is 10.4 Å². The third-order valence-corrected chi connectivity index (χ3v) is 2.53. The van der Waals surface area contributed by atoms with E-state index in [-0.39, 0.29) is 18.7 Å². The van der Waals surface area contributed by atoms with Gasteiger partial charge in [0.15, 0.2) is 0 Å². The second-order valence-corrected chi connectivity index (χ2v) is 4.25. The monoisotopic (exact) mass is 286 g/mol. The summed E-state index contributed by atoms with van der Waals surface area (Å²) in [5.41, 5.74) is -0.650. The van der Waals surface area contributed by atoms with Gasteiger partial charge in [0, 0.05) is 32.3 Å². The summed E-state index contributed by atoms with van der Waals surface area (Å²) in [5.74, 6) is -1.49. The second kappa shape index (κ2) is 6.92. The largest absolute Gasteiger partial charge is 0.389 e. The lowest BCUT2D eigenvalue weighted by atomic mass is 10.1. The minimum absolute atomic E-state index is 0.0308. The molecule has 0 aliphatic heterocycles. The first kappa shape index (κ1) is 16.0. The summed E-state index contributed by atoms with van der Waals surface area (Å²) < 4.78 is 18.0. The molecule has 1 N–H and O–H groups in total. The maximum absolute atomic E-state index is 13.3. The fraction of sp³-hybridized carbons (Fsp3) is 0.417. The second-order valence-electron chi connectivity index (χ2n) is 4.25. The highest BCUT2D eigenvalue weighted by Crippen LogP contribution is 2.17. The molecular weight excluding hydrogens is 271 g/mol. The average Bonchev–Trinajstić information content (AvgIpc) is 2.37. The summed E-state index contributed by atoms with van der Waals surface area (Å²) in [7, 11) is 2.80. The van der Waals surface area contributed by atoms with Crippen LogP contribution in [0.15, 0.2) is 18.2 Å².